The molecule has 18 heavy (non-hydrogen) atoms. The number of pyridine rings is 1. The van der Waals surface area contributed by atoms with E-state index in [4.69, 9.17) is 17.3 Å². The molecule has 0 aliphatic rings. The first-order chi connectivity index (χ1) is 8.49. The normalized spacial score (nSPS) is 12.4. The summed E-state index contributed by atoms with van der Waals surface area (Å²) in [5, 5.41) is 10.3. The minimum atomic E-state index is -1.35. The number of nitrogen functional groups attached to an aromatic ring is 1. The first-order valence-electron chi connectivity index (χ1n) is 5.03. The van der Waals surface area contributed by atoms with Crippen LogP contribution in [0.2, 0.25) is 5.02 Å². The number of aliphatic hydroxyl groups is 1. The van der Waals surface area contributed by atoms with Gasteiger partial charge in [-0.25, -0.2) is 13.8 Å². The summed E-state index contributed by atoms with van der Waals surface area (Å²) in [5.74, 6) is -1.54. The highest BCUT2D eigenvalue weighted by Gasteiger charge is 2.18. The third-order valence-corrected chi connectivity index (χ3v) is 2.67. The van der Waals surface area contributed by atoms with Crippen LogP contribution in [0.25, 0.3) is 0 Å². The van der Waals surface area contributed by atoms with Gasteiger partial charge in [-0.2, -0.15) is 0 Å². The lowest BCUT2D eigenvalue weighted by Crippen LogP contribution is -2.07. The van der Waals surface area contributed by atoms with E-state index in [0.717, 1.165) is 12.1 Å². The number of nitrogens with two attached hydrogens (primary N) is 1. The molecule has 0 aliphatic heterocycles. The van der Waals surface area contributed by atoms with Gasteiger partial charge in [-0.1, -0.05) is 17.7 Å². The number of nitrogens with zero attached hydrogens (tertiary/aromatic N) is 1. The smallest absolute Gasteiger partial charge is 0.132 e. The molecule has 94 valence electrons. The maximum Gasteiger partial charge on any atom is 0.132 e. The van der Waals surface area contributed by atoms with Crippen LogP contribution in [-0.2, 0) is 0 Å². The van der Waals surface area contributed by atoms with E-state index < -0.39 is 17.7 Å². The van der Waals surface area contributed by atoms with E-state index in [1.807, 2.05) is 0 Å². The molecule has 0 amide bonds. The zero-order valence-electron chi connectivity index (χ0n) is 9.07. The van der Waals surface area contributed by atoms with Gasteiger partial charge in [0.05, 0.1) is 5.02 Å². The molecule has 2 rings (SSSR count). The van der Waals surface area contributed by atoms with Crippen molar-refractivity contribution in [1.29, 1.82) is 0 Å². The van der Waals surface area contributed by atoms with Crippen LogP contribution in [0.3, 0.4) is 0 Å². The van der Waals surface area contributed by atoms with Crippen molar-refractivity contribution >= 4 is 17.4 Å². The Kier molecular flexibility index (Phi) is 3.45. The van der Waals surface area contributed by atoms with E-state index in [9.17, 15) is 13.9 Å². The third-order valence-electron chi connectivity index (χ3n) is 2.47. The van der Waals surface area contributed by atoms with Crippen LogP contribution in [0.4, 0.5) is 14.6 Å². The van der Waals surface area contributed by atoms with Gasteiger partial charge in [-0.15, -0.1) is 0 Å². The van der Waals surface area contributed by atoms with Gasteiger partial charge in [-0.3, -0.25) is 0 Å². The Hall–Kier alpha value is -1.72. The first kappa shape index (κ1) is 12.7. The standard InChI is InChI=1S/C12H9ClF2N2O/c13-6-3-9(12(16)17-5-6)11(18)8-2-1-7(14)4-10(8)15/h1-5,11,18H,(H2,16,17). The topological polar surface area (TPSA) is 59.1 Å². The Morgan fingerprint density at radius 1 is 1.22 bits per heavy atom. The molecule has 0 aliphatic carbocycles. The fraction of sp³-hybridized carbons (Fsp3) is 0.0833. The fourth-order valence-electron chi connectivity index (χ4n) is 1.58. The lowest BCUT2D eigenvalue weighted by molar-refractivity contribution is 0.215. The Morgan fingerprint density at radius 2 is 1.94 bits per heavy atom. The molecule has 3 N–H and O–H groups in total. The Morgan fingerprint density at radius 3 is 2.61 bits per heavy atom. The van der Waals surface area contributed by atoms with Gasteiger partial charge in [0.25, 0.3) is 0 Å². The molecule has 0 fully saturated rings. The molecule has 0 radical (unpaired) electrons. The number of aliphatic hydroxyl groups excluding tert-OH is 1. The fourth-order valence-corrected chi connectivity index (χ4v) is 1.74. The molecule has 0 saturated heterocycles. The summed E-state index contributed by atoms with van der Waals surface area (Å²) in [6.07, 6.45) is -0.0366. The molecule has 1 atom stereocenters. The Balaban J connectivity index is 2.47. The van der Waals surface area contributed by atoms with Crippen LogP contribution in [0, 0.1) is 11.6 Å². The predicted molar refractivity (Wildman–Crippen MR) is 64.1 cm³/mol. The van der Waals surface area contributed by atoms with Crippen molar-refractivity contribution in [3.05, 3.63) is 58.2 Å². The maximum absolute atomic E-state index is 13.5. The molecule has 0 bridgehead atoms. The van der Waals surface area contributed by atoms with E-state index in [1.54, 1.807) is 0 Å². The number of anilines is 1. The van der Waals surface area contributed by atoms with E-state index in [2.05, 4.69) is 4.98 Å². The Labute approximate surface area is 107 Å². The van der Waals surface area contributed by atoms with Crippen molar-refractivity contribution in [2.75, 3.05) is 5.73 Å². The molecule has 1 aromatic carbocycles. The minimum Gasteiger partial charge on any atom is -0.383 e. The van der Waals surface area contributed by atoms with Crippen molar-refractivity contribution in [1.82, 2.24) is 4.98 Å². The monoisotopic (exact) mass is 270 g/mol. The molecule has 1 aromatic heterocycles. The summed E-state index contributed by atoms with van der Waals surface area (Å²) in [4.78, 5) is 3.76. The summed E-state index contributed by atoms with van der Waals surface area (Å²) in [5.41, 5.74) is 5.66. The van der Waals surface area contributed by atoms with Crippen LogP contribution >= 0.6 is 11.6 Å². The van der Waals surface area contributed by atoms with E-state index in [1.165, 1.54) is 12.3 Å². The first-order valence-corrected chi connectivity index (χ1v) is 5.41. The SMILES string of the molecule is Nc1ncc(Cl)cc1C(O)c1ccc(F)cc1F. The maximum atomic E-state index is 13.5. The highest BCUT2D eigenvalue weighted by atomic mass is 35.5. The molecule has 1 heterocycles. The summed E-state index contributed by atoms with van der Waals surface area (Å²) in [7, 11) is 0. The average Bonchev–Trinajstić information content (AvgIpc) is 2.31. The van der Waals surface area contributed by atoms with Crippen molar-refractivity contribution in [3.63, 3.8) is 0 Å². The molecule has 3 nitrogen and oxygen atoms in total. The predicted octanol–water partition coefficient (Wildman–Crippen LogP) is 2.68. The van der Waals surface area contributed by atoms with Gasteiger partial charge in [-0.05, 0) is 12.1 Å². The number of benzene rings is 1. The van der Waals surface area contributed by atoms with Gasteiger partial charge in [0.15, 0.2) is 0 Å². The zero-order chi connectivity index (χ0) is 13.3. The number of aromatic nitrogens is 1. The lowest BCUT2D eigenvalue weighted by Gasteiger charge is -2.14. The second-order valence-electron chi connectivity index (χ2n) is 3.70. The second kappa shape index (κ2) is 4.88. The summed E-state index contributed by atoms with van der Waals surface area (Å²) < 4.78 is 26.3. The van der Waals surface area contributed by atoms with E-state index in [-0.39, 0.29) is 22.0 Å². The summed E-state index contributed by atoms with van der Waals surface area (Å²) in [6.45, 7) is 0. The largest absolute Gasteiger partial charge is 0.383 e. The van der Waals surface area contributed by atoms with Gasteiger partial charge in [0.1, 0.15) is 23.6 Å². The van der Waals surface area contributed by atoms with Crippen LogP contribution < -0.4 is 5.73 Å². The quantitative estimate of drug-likeness (QED) is 0.882. The van der Waals surface area contributed by atoms with Gasteiger partial charge in [0, 0.05) is 23.4 Å². The van der Waals surface area contributed by atoms with Crippen molar-refractivity contribution in [2.24, 2.45) is 0 Å². The second-order valence-corrected chi connectivity index (χ2v) is 4.13. The van der Waals surface area contributed by atoms with Crippen molar-refractivity contribution < 1.29 is 13.9 Å². The average molecular weight is 271 g/mol. The highest BCUT2D eigenvalue weighted by molar-refractivity contribution is 6.30. The van der Waals surface area contributed by atoms with Gasteiger partial charge >= 0.3 is 0 Å². The zero-order valence-corrected chi connectivity index (χ0v) is 9.83. The lowest BCUT2D eigenvalue weighted by atomic mass is 10.0. The van der Waals surface area contributed by atoms with Crippen molar-refractivity contribution in [2.45, 2.75) is 6.10 Å². The molecule has 0 saturated carbocycles. The summed E-state index contributed by atoms with van der Waals surface area (Å²) >= 11 is 5.73. The van der Waals surface area contributed by atoms with Crippen molar-refractivity contribution in [3.8, 4) is 0 Å². The number of hydrogen-bond donors (Lipinski definition) is 2. The van der Waals surface area contributed by atoms with Crippen LogP contribution in [0.1, 0.15) is 17.2 Å². The number of hydrogen-bond acceptors (Lipinski definition) is 3. The molecule has 2 aromatic rings. The number of halogens is 3. The highest BCUT2D eigenvalue weighted by Crippen LogP contribution is 2.29. The molecular weight excluding hydrogens is 262 g/mol. The third kappa shape index (κ3) is 2.42. The molecule has 6 heteroatoms. The van der Waals surface area contributed by atoms with Crippen LogP contribution in [-0.4, -0.2) is 10.1 Å². The van der Waals surface area contributed by atoms with E-state index >= 15 is 0 Å². The molecule has 1 unspecified atom stereocenters. The Bertz CT molecular complexity index is 592. The molecular formula is C12H9ClF2N2O. The minimum absolute atomic E-state index is 0.0376. The molecule has 0 spiro atoms. The van der Waals surface area contributed by atoms with Gasteiger partial charge in [0.2, 0.25) is 0 Å². The van der Waals surface area contributed by atoms with Crippen LogP contribution in [0.15, 0.2) is 30.5 Å². The summed E-state index contributed by atoms with van der Waals surface area (Å²) in [6, 6.07) is 4.27. The van der Waals surface area contributed by atoms with E-state index in [0.29, 0.717) is 6.07 Å². The van der Waals surface area contributed by atoms with Crippen LogP contribution in [0.5, 0.6) is 0 Å². The number of rotatable bonds is 2. The van der Waals surface area contributed by atoms with Gasteiger partial charge < -0.3 is 10.8 Å².